The minimum absolute atomic E-state index is 0.165. The van der Waals surface area contributed by atoms with Crippen LogP contribution in [0.25, 0.3) is 11.3 Å². The first-order valence-corrected chi connectivity index (χ1v) is 11.3. The third-order valence-electron chi connectivity index (χ3n) is 3.97. The Bertz CT molecular complexity index is 1010. The monoisotopic (exact) mass is 455 g/mol. The third kappa shape index (κ3) is 5.07. The van der Waals surface area contributed by atoms with Crippen LogP contribution < -0.4 is 10.2 Å². The Kier molecular flexibility index (Phi) is 6.33. The van der Waals surface area contributed by atoms with Gasteiger partial charge in [0.05, 0.1) is 24.7 Å². The first kappa shape index (κ1) is 20.1. The predicted molar refractivity (Wildman–Crippen MR) is 110 cm³/mol. The van der Waals surface area contributed by atoms with Gasteiger partial charge >= 0.3 is 0 Å². The average molecular weight is 456 g/mol. The fourth-order valence-corrected chi connectivity index (χ4v) is 4.97. The minimum atomic E-state index is -0.939. The summed E-state index contributed by atoms with van der Waals surface area (Å²) >= 11 is 3.96. The first-order valence-electron chi connectivity index (χ1n) is 8.58. The van der Waals surface area contributed by atoms with Gasteiger partial charge in [-0.3, -0.25) is 4.79 Å². The van der Waals surface area contributed by atoms with Gasteiger partial charge < -0.3 is 15.0 Å². The highest BCUT2D eigenvalue weighted by Gasteiger charge is 2.17. The van der Waals surface area contributed by atoms with E-state index in [4.69, 9.17) is 4.74 Å². The molecule has 0 radical (unpaired) electrons. The topological polar surface area (TPSA) is 80.2 Å². The Labute approximate surface area is 177 Å². The van der Waals surface area contributed by atoms with Gasteiger partial charge in [0.25, 0.3) is 0 Å². The summed E-state index contributed by atoms with van der Waals surface area (Å²) in [6.07, 6.45) is 0. The van der Waals surface area contributed by atoms with Crippen molar-refractivity contribution in [3.8, 4) is 11.3 Å². The van der Waals surface area contributed by atoms with Crippen molar-refractivity contribution in [2.45, 2.75) is 4.34 Å². The summed E-state index contributed by atoms with van der Waals surface area (Å²) in [5.74, 6) is -1.92. The zero-order valence-electron chi connectivity index (χ0n) is 14.9. The molecule has 7 nitrogen and oxygen atoms in total. The van der Waals surface area contributed by atoms with Crippen molar-refractivity contribution in [1.29, 1.82) is 0 Å². The number of aromatic nitrogens is 3. The predicted octanol–water partition coefficient (Wildman–Crippen LogP) is 3.51. The van der Waals surface area contributed by atoms with Crippen LogP contribution in [-0.4, -0.2) is 53.1 Å². The molecule has 1 fully saturated rings. The van der Waals surface area contributed by atoms with E-state index in [0.717, 1.165) is 30.4 Å². The summed E-state index contributed by atoms with van der Waals surface area (Å²) in [7, 11) is 0. The first-order chi connectivity index (χ1) is 14.1. The number of benzene rings is 1. The summed E-state index contributed by atoms with van der Waals surface area (Å²) in [6, 6.07) is 3.57. The van der Waals surface area contributed by atoms with Crippen molar-refractivity contribution >= 4 is 50.6 Å². The van der Waals surface area contributed by atoms with Crippen molar-refractivity contribution in [2.75, 3.05) is 42.3 Å². The molecule has 0 atom stereocenters. The van der Waals surface area contributed by atoms with Crippen LogP contribution in [0.2, 0.25) is 0 Å². The van der Waals surface area contributed by atoms with Crippen LogP contribution in [-0.2, 0) is 9.53 Å². The number of nitrogens with one attached hydrogen (secondary N) is 1. The molecule has 1 N–H and O–H groups in total. The number of anilines is 2. The molecule has 1 amide bonds. The normalized spacial score (nSPS) is 14.2. The molecule has 0 unspecified atom stereocenters. The Morgan fingerprint density at radius 3 is 2.86 bits per heavy atom. The molecule has 0 bridgehead atoms. The number of ether oxygens (including phenoxy) is 1. The molecule has 29 heavy (non-hydrogen) atoms. The Morgan fingerprint density at radius 2 is 2.07 bits per heavy atom. The summed E-state index contributed by atoms with van der Waals surface area (Å²) in [5.41, 5.74) is 0.913. The van der Waals surface area contributed by atoms with Crippen molar-refractivity contribution in [3.63, 3.8) is 0 Å². The van der Waals surface area contributed by atoms with Crippen LogP contribution >= 0.6 is 34.4 Å². The quantitative estimate of drug-likeness (QED) is 0.570. The number of thiazole rings is 1. The van der Waals surface area contributed by atoms with Crippen LogP contribution in [0.1, 0.15) is 0 Å². The largest absolute Gasteiger partial charge is 0.378 e. The lowest BCUT2D eigenvalue weighted by molar-refractivity contribution is -0.113. The van der Waals surface area contributed by atoms with Gasteiger partial charge in [-0.2, -0.15) is 0 Å². The van der Waals surface area contributed by atoms with Crippen LogP contribution in [0.4, 0.5) is 19.0 Å². The zero-order chi connectivity index (χ0) is 20.2. The van der Waals surface area contributed by atoms with E-state index < -0.39 is 11.6 Å². The molecular formula is C17H15F2N5O2S3. The second-order valence-corrected chi connectivity index (χ2v) is 8.99. The summed E-state index contributed by atoms with van der Waals surface area (Å²) in [6.45, 7) is 2.91. The zero-order valence-corrected chi connectivity index (χ0v) is 17.4. The van der Waals surface area contributed by atoms with Crippen LogP contribution in [0, 0.1) is 11.6 Å². The summed E-state index contributed by atoms with van der Waals surface area (Å²) < 4.78 is 32.5. The minimum Gasteiger partial charge on any atom is -0.378 e. The summed E-state index contributed by atoms with van der Waals surface area (Å²) in [5, 5.41) is 13.9. The lowest BCUT2D eigenvalue weighted by atomic mass is 10.2. The van der Waals surface area contributed by atoms with Crippen molar-refractivity contribution < 1.29 is 18.3 Å². The lowest BCUT2D eigenvalue weighted by Crippen LogP contribution is -2.36. The van der Waals surface area contributed by atoms with Gasteiger partial charge in [0.2, 0.25) is 11.0 Å². The lowest BCUT2D eigenvalue weighted by Gasteiger charge is -2.25. The van der Waals surface area contributed by atoms with Gasteiger partial charge in [0.15, 0.2) is 21.1 Å². The van der Waals surface area contributed by atoms with Crippen LogP contribution in [0.3, 0.4) is 0 Å². The Morgan fingerprint density at radius 1 is 1.24 bits per heavy atom. The van der Waals surface area contributed by atoms with Crippen LogP contribution in [0.15, 0.2) is 27.9 Å². The molecule has 0 aliphatic carbocycles. The number of carbonyl (C=O) groups excluding carboxylic acids is 1. The fraction of sp³-hybridized carbons (Fsp3) is 0.294. The van der Waals surface area contributed by atoms with E-state index in [9.17, 15) is 13.6 Å². The van der Waals surface area contributed by atoms with Gasteiger partial charge in [-0.1, -0.05) is 23.1 Å². The molecule has 1 aliphatic rings. The molecule has 4 rings (SSSR count). The van der Waals surface area contributed by atoms with E-state index in [0.29, 0.717) is 33.9 Å². The number of hydrogen-bond donors (Lipinski definition) is 1. The molecule has 2 aromatic heterocycles. The highest BCUT2D eigenvalue weighted by molar-refractivity contribution is 8.01. The molecule has 12 heteroatoms. The number of nitrogens with zero attached hydrogens (tertiary/aromatic N) is 4. The van der Waals surface area contributed by atoms with E-state index in [2.05, 4.69) is 25.4 Å². The number of carbonyl (C=O) groups is 1. The van der Waals surface area contributed by atoms with E-state index in [1.54, 1.807) is 5.38 Å². The van der Waals surface area contributed by atoms with Gasteiger partial charge in [-0.05, 0) is 18.2 Å². The SMILES string of the molecule is O=C(CSc1nnc(N2CCOCC2)s1)Nc1nc(-c2ccc(F)c(F)c2)cs1. The smallest absolute Gasteiger partial charge is 0.236 e. The number of hydrogen-bond acceptors (Lipinski definition) is 9. The molecule has 1 aliphatic heterocycles. The number of thioether (sulfide) groups is 1. The van der Waals surface area contributed by atoms with E-state index in [1.165, 1.54) is 40.5 Å². The number of morpholine rings is 1. The fourth-order valence-electron chi connectivity index (χ4n) is 2.55. The molecule has 3 aromatic rings. The second kappa shape index (κ2) is 9.11. The Hall–Kier alpha value is -2.15. The molecule has 1 saturated heterocycles. The summed E-state index contributed by atoms with van der Waals surface area (Å²) in [4.78, 5) is 18.6. The molecule has 3 heterocycles. The van der Waals surface area contributed by atoms with E-state index in [1.807, 2.05) is 0 Å². The highest BCUT2D eigenvalue weighted by Crippen LogP contribution is 2.29. The maximum absolute atomic E-state index is 13.4. The van der Waals surface area contributed by atoms with Gasteiger partial charge in [0.1, 0.15) is 0 Å². The molecule has 0 saturated carbocycles. The number of halogens is 2. The van der Waals surface area contributed by atoms with Crippen molar-refractivity contribution in [2.24, 2.45) is 0 Å². The number of rotatable bonds is 6. The van der Waals surface area contributed by atoms with E-state index >= 15 is 0 Å². The van der Waals surface area contributed by atoms with Crippen LogP contribution in [0.5, 0.6) is 0 Å². The second-order valence-electron chi connectivity index (χ2n) is 5.95. The molecule has 1 aromatic carbocycles. The van der Waals surface area contributed by atoms with Gasteiger partial charge in [0, 0.05) is 24.0 Å². The molecule has 0 spiro atoms. The van der Waals surface area contributed by atoms with Gasteiger partial charge in [-0.25, -0.2) is 13.8 Å². The van der Waals surface area contributed by atoms with E-state index in [-0.39, 0.29) is 11.7 Å². The molecule has 152 valence electrons. The Balaban J connectivity index is 1.30. The highest BCUT2D eigenvalue weighted by atomic mass is 32.2. The molecular weight excluding hydrogens is 440 g/mol. The standard InChI is InChI=1S/C17H15F2N5O2S3/c18-11-2-1-10(7-12(11)19)13-8-27-15(20-13)21-14(25)9-28-17-23-22-16(29-17)24-3-5-26-6-4-24/h1-2,7-8H,3-6,9H2,(H,20,21,25). The average Bonchev–Trinajstić information content (AvgIpc) is 3.39. The van der Waals surface area contributed by atoms with Gasteiger partial charge in [-0.15, -0.1) is 21.5 Å². The maximum atomic E-state index is 13.4. The third-order valence-corrected chi connectivity index (χ3v) is 6.85. The van der Waals surface area contributed by atoms with Crippen molar-refractivity contribution in [3.05, 3.63) is 35.2 Å². The number of amides is 1. The van der Waals surface area contributed by atoms with Crippen molar-refractivity contribution in [1.82, 2.24) is 15.2 Å². The maximum Gasteiger partial charge on any atom is 0.236 e.